The molecule has 0 atom stereocenters. The molecule has 0 aliphatic rings. The zero-order valence-corrected chi connectivity index (χ0v) is 13.6. The second-order valence-corrected chi connectivity index (χ2v) is 5.96. The van der Waals surface area contributed by atoms with Crippen LogP contribution in [0.2, 0.25) is 0 Å². The quantitative estimate of drug-likeness (QED) is 0.498. The summed E-state index contributed by atoms with van der Waals surface area (Å²) in [5, 5.41) is 0. The first kappa shape index (κ1) is 14.0. The van der Waals surface area contributed by atoms with Crippen LogP contribution in [0.1, 0.15) is 5.76 Å². The first-order valence-corrected chi connectivity index (χ1v) is 7.92. The summed E-state index contributed by atoms with van der Waals surface area (Å²) in [5.74, 6) is 2.06. The molecule has 0 amide bonds. The van der Waals surface area contributed by atoms with E-state index in [0.29, 0.717) is 11.7 Å². The highest BCUT2D eigenvalue weighted by Gasteiger charge is 2.04. The first-order chi connectivity index (χ1) is 11.3. The number of benzene rings is 2. The average Bonchev–Trinajstić information content (AvgIpc) is 3.20. The molecule has 0 spiro atoms. The summed E-state index contributed by atoms with van der Waals surface area (Å²) in [7, 11) is 0. The van der Waals surface area contributed by atoms with Crippen LogP contribution in [0, 0.1) is 0 Å². The highest BCUT2D eigenvalue weighted by atomic mass is 79.9. The summed E-state index contributed by atoms with van der Waals surface area (Å²) in [5.41, 5.74) is 2.89. The number of nitrogens with one attached hydrogen (secondary N) is 1. The van der Waals surface area contributed by atoms with Gasteiger partial charge in [0.2, 0.25) is 5.95 Å². The Kier molecular flexibility index (Phi) is 3.55. The van der Waals surface area contributed by atoms with Crippen molar-refractivity contribution in [2.45, 2.75) is 0 Å². The van der Waals surface area contributed by atoms with E-state index in [1.807, 2.05) is 60.7 Å². The number of rotatable bonds is 3. The molecule has 4 nitrogen and oxygen atoms in total. The van der Waals surface area contributed by atoms with Crippen LogP contribution in [-0.2, 0) is 0 Å². The van der Waals surface area contributed by atoms with Crippen LogP contribution in [0.5, 0.6) is 0 Å². The van der Waals surface area contributed by atoms with Gasteiger partial charge in [-0.2, -0.15) is 0 Å². The Morgan fingerprint density at radius 2 is 1.83 bits per heavy atom. The number of halogens is 1. The molecule has 0 saturated heterocycles. The minimum atomic E-state index is 0.563. The Bertz CT molecular complexity index is 950. The van der Waals surface area contributed by atoms with Gasteiger partial charge in [-0.3, -0.25) is 0 Å². The number of imidazole rings is 1. The molecule has 1 N–H and O–H groups in total. The van der Waals surface area contributed by atoms with Crippen molar-refractivity contribution in [3.63, 3.8) is 0 Å². The lowest BCUT2D eigenvalue weighted by Gasteiger charge is -1.96. The highest BCUT2D eigenvalue weighted by molar-refractivity contribution is 9.10. The summed E-state index contributed by atoms with van der Waals surface area (Å²) in [4.78, 5) is 11.9. The van der Waals surface area contributed by atoms with E-state index in [2.05, 4.69) is 30.9 Å². The number of hydrogen-bond acceptors (Lipinski definition) is 3. The maximum absolute atomic E-state index is 5.80. The molecule has 2 heterocycles. The monoisotopic (exact) mass is 365 g/mol. The van der Waals surface area contributed by atoms with Crippen LogP contribution in [0.4, 0.5) is 5.95 Å². The number of aliphatic imine (C=N–C) groups is 1. The third-order valence-corrected chi connectivity index (χ3v) is 3.98. The normalized spacial score (nSPS) is 11.5. The fourth-order valence-electron chi connectivity index (χ4n) is 2.32. The minimum Gasteiger partial charge on any atom is -0.455 e. The van der Waals surface area contributed by atoms with Crippen molar-refractivity contribution in [3.05, 3.63) is 70.9 Å². The van der Waals surface area contributed by atoms with Gasteiger partial charge < -0.3 is 9.40 Å². The molecule has 0 unspecified atom stereocenters. The van der Waals surface area contributed by atoms with Gasteiger partial charge >= 0.3 is 0 Å². The van der Waals surface area contributed by atoms with Crippen molar-refractivity contribution in [2.24, 2.45) is 4.99 Å². The van der Waals surface area contributed by atoms with E-state index >= 15 is 0 Å². The van der Waals surface area contributed by atoms with Crippen molar-refractivity contribution < 1.29 is 4.42 Å². The van der Waals surface area contributed by atoms with Crippen molar-refractivity contribution in [1.29, 1.82) is 0 Å². The highest BCUT2D eigenvalue weighted by Crippen LogP contribution is 2.23. The van der Waals surface area contributed by atoms with E-state index in [1.54, 1.807) is 6.21 Å². The summed E-state index contributed by atoms with van der Waals surface area (Å²) in [6.07, 6.45) is 1.67. The molecule has 0 fully saturated rings. The smallest absolute Gasteiger partial charge is 0.227 e. The molecule has 0 saturated carbocycles. The number of para-hydroxylation sites is 2. The number of H-pyrrole nitrogens is 1. The maximum Gasteiger partial charge on any atom is 0.227 e. The molecule has 0 bridgehead atoms. The van der Waals surface area contributed by atoms with Crippen LogP contribution in [-0.4, -0.2) is 16.2 Å². The SMILES string of the molecule is Brc1ccc(-c2ccc(C=Nc3nc4ccccc4[nH]3)o2)cc1. The number of aromatic nitrogens is 2. The average molecular weight is 366 g/mol. The van der Waals surface area contributed by atoms with Crippen LogP contribution in [0.3, 0.4) is 0 Å². The van der Waals surface area contributed by atoms with Crippen molar-refractivity contribution >= 4 is 39.1 Å². The van der Waals surface area contributed by atoms with E-state index in [9.17, 15) is 0 Å². The molecular formula is C18H12BrN3O. The summed E-state index contributed by atoms with van der Waals surface area (Å²) >= 11 is 3.43. The summed E-state index contributed by atoms with van der Waals surface area (Å²) in [6.45, 7) is 0. The standard InChI is InChI=1S/C18H12BrN3O/c19-13-7-5-12(6-8-13)17-10-9-14(23-17)11-20-18-21-15-3-1-2-4-16(15)22-18/h1-11H,(H,21,22). The Morgan fingerprint density at radius 3 is 2.65 bits per heavy atom. The third-order valence-electron chi connectivity index (χ3n) is 3.45. The lowest BCUT2D eigenvalue weighted by atomic mass is 10.2. The predicted molar refractivity (Wildman–Crippen MR) is 95.2 cm³/mol. The van der Waals surface area contributed by atoms with Crippen LogP contribution < -0.4 is 0 Å². The molecule has 0 aliphatic carbocycles. The Hall–Kier alpha value is -2.66. The second-order valence-electron chi connectivity index (χ2n) is 5.04. The number of furan rings is 1. The van der Waals surface area contributed by atoms with Gasteiger partial charge in [0.25, 0.3) is 0 Å². The van der Waals surface area contributed by atoms with Crippen molar-refractivity contribution in [1.82, 2.24) is 9.97 Å². The Balaban J connectivity index is 1.58. The molecule has 2 aromatic heterocycles. The topological polar surface area (TPSA) is 54.2 Å². The van der Waals surface area contributed by atoms with Crippen molar-refractivity contribution in [3.8, 4) is 11.3 Å². The van der Waals surface area contributed by atoms with E-state index in [4.69, 9.17) is 4.42 Å². The summed E-state index contributed by atoms with van der Waals surface area (Å²) < 4.78 is 6.84. The predicted octanol–water partition coefficient (Wildman–Crippen LogP) is 5.34. The summed E-state index contributed by atoms with van der Waals surface area (Å²) in [6, 6.07) is 19.6. The third kappa shape index (κ3) is 2.96. The zero-order chi connectivity index (χ0) is 15.6. The molecule has 5 heteroatoms. The van der Waals surface area contributed by atoms with Gasteiger partial charge in [-0.25, -0.2) is 9.98 Å². The maximum atomic E-state index is 5.80. The minimum absolute atomic E-state index is 0.563. The van der Waals surface area contributed by atoms with Gasteiger partial charge in [-0.15, -0.1) is 0 Å². The molecule has 0 radical (unpaired) electrons. The molecule has 0 aliphatic heterocycles. The molecule has 4 aromatic rings. The van der Waals surface area contributed by atoms with E-state index in [-0.39, 0.29) is 0 Å². The van der Waals surface area contributed by atoms with E-state index in [0.717, 1.165) is 26.8 Å². The van der Waals surface area contributed by atoms with Crippen LogP contribution >= 0.6 is 15.9 Å². The Labute approximate surface area is 141 Å². The van der Waals surface area contributed by atoms with Crippen molar-refractivity contribution in [2.75, 3.05) is 0 Å². The van der Waals surface area contributed by atoms with Crippen LogP contribution in [0.25, 0.3) is 22.4 Å². The molecular weight excluding hydrogens is 354 g/mol. The number of aromatic amines is 1. The van der Waals surface area contributed by atoms with Gasteiger partial charge in [-0.05, 0) is 36.4 Å². The van der Waals surface area contributed by atoms with Gasteiger partial charge in [0.1, 0.15) is 11.5 Å². The molecule has 112 valence electrons. The number of fused-ring (bicyclic) bond motifs is 1. The molecule has 23 heavy (non-hydrogen) atoms. The van der Waals surface area contributed by atoms with E-state index < -0.39 is 0 Å². The van der Waals surface area contributed by atoms with Crippen LogP contribution in [0.15, 0.2) is 74.5 Å². The molecule has 2 aromatic carbocycles. The number of hydrogen-bond donors (Lipinski definition) is 1. The molecule has 4 rings (SSSR count). The lowest BCUT2D eigenvalue weighted by Crippen LogP contribution is -1.76. The zero-order valence-electron chi connectivity index (χ0n) is 12.0. The van der Waals surface area contributed by atoms with Gasteiger partial charge in [0, 0.05) is 10.0 Å². The van der Waals surface area contributed by atoms with E-state index in [1.165, 1.54) is 0 Å². The lowest BCUT2D eigenvalue weighted by molar-refractivity contribution is 0.575. The fraction of sp³-hybridized carbons (Fsp3) is 0. The first-order valence-electron chi connectivity index (χ1n) is 7.12. The second kappa shape index (κ2) is 5.85. The number of nitrogens with zero attached hydrogens (tertiary/aromatic N) is 2. The van der Waals surface area contributed by atoms with Gasteiger partial charge in [-0.1, -0.05) is 40.2 Å². The van der Waals surface area contributed by atoms with Gasteiger partial charge in [0.15, 0.2) is 0 Å². The van der Waals surface area contributed by atoms with Gasteiger partial charge in [0.05, 0.1) is 17.2 Å². The fourth-order valence-corrected chi connectivity index (χ4v) is 2.58. The largest absolute Gasteiger partial charge is 0.455 e. The Morgan fingerprint density at radius 1 is 1.00 bits per heavy atom.